The quantitative estimate of drug-likeness (QED) is 0.863. The zero-order valence-electron chi connectivity index (χ0n) is 11.2. The van der Waals surface area contributed by atoms with Crippen LogP contribution in [0, 0.1) is 12.8 Å². The molecule has 1 unspecified atom stereocenters. The Hall–Kier alpha value is -1.09. The van der Waals surface area contributed by atoms with Crippen LogP contribution in [-0.4, -0.2) is 30.7 Å². The van der Waals surface area contributed by atoms with E-state index in [1.165, 1.54) is 44.5 Å². The van der Waals surface area contributed by atoms with E-state index in [0.29, 0.717) is 6.04 Å². The molecule has 1 aliphatic carbocycles. The number of rotatable bonds is 5. The number of anilines is 1. The summed E-state index contributed by atoms with van der Waals surface area (Å²) in [4.78, 5) is 6.87. The van der Waals surface area contributed by atoms with Crippen molar-refractivity contribution < 1.29 is 0 Å². The number of aryl methyl sites for hydroxylation is 1. The third-order valence-corrected chi connectivity index (χ3v) is 4.02. The average molecular weight is 245 g/mol. The van der Waals surface area contributed by atoms with E-state index < -0.39 is 0 Å². The Kier molecular flexibility index (Phi) is 3.50. The van der Waals surface area contributed by atoms with Gasteiger partial charge in [-0.1, -0.05) is 0 Å². The van der Waals surface area contributed by atoms with Crippen molar-refractivity contribution in [1.29, 1.82) is 0 Å². The fraction of sp³-hybridized carbons (Fsp3) is 0.667. The first-order valence-corrected chi connectivity index (χ1v) is 7.22. The Morgan fingerprint density at radius 2 is 2.22 bits per heavy atom. The molecular weight excluding hydrogens is 222 g/mol. The molecule has 0 aromatic carbocycles. The monoisotopic (exact) mass is 245 g/mol. The Morgan fingerprint density at radius 3 is 2.89 bits per heavy atom. The molecule has 1 saturated heterocycles. The van der Waals surface area contributed by atoms with Crippen molar-refractivity contribution >= 4 is 5.69 Å². The summed E-state index contributed by atoms with van der Waals surface area (Å²) in [6.07, 6.45) is 7.42. The fourth-order valence-electron chi connectivity index (χ4n) is 2.80. The second-order valence-electron chi connectivity index (χ2n) is 5.80. The molecule has 1 aliphatic heterocycles. The van der Waals surface area contributed by atoms with Crippen molar-refractivity contribution in [3.63, 3.8) is 0 Å². The van der Waals surface area contributed by atoms with E-state index in [0.717, 1.165) is 18.2 Å². The average Bonchev–Trinajstić information content (AvgIpc) is 3.03. The molecule has 18 heavy (non-hydrogen) atoms. The highest BCUT2D eigenvalue weighted by Crippen LogP contribution is 2.31. The predicted octanol–water partition coefficient (Wildman–Crippen LogP) is 2.36. The lowest BCUT2D eigenvalue weighted by atomic mass is 10.2. The Labute approximate surface area is 110 Å². The maximum Gasteiger partial charge on any atom is 0.0400 e. The lowest BCUT2D eigenvalue weighted by Crippen LogP contribution is -2.38. The van der Waals surface area contributed by atoms with Crippen molar-refractivity contribution in [2.24, 2.45) is 5.92 Å². The van der Waals surface area contributed by atoms with Crippen LogP contribution in [0.25, 0.3) is 0 Å². The van der Waals surface area contributed by atoms with Crippen LogP contribution in [0.3, 0.4) is 0 Å². The number of aromatic nitrogens is 1. The van der Waals surface area contributed by atoms with Gasteiger partial charge in [0.2, 0.25) is 0 Å². The molecule has 3 nitrogen and oxygen atoms in total. The summed E-state index contributed by atoms with van der Waals surface area (Å²) in [7, 11) is 0. The van der Waals surface area contributed by atoms with Gasteiger partial charge >= 0.3 is 0 Å². The third-order valence-electron chi connectivity index (χ3n) is 4.02. The molecule has 0 spiro atoms. The number of nitrogens with one attached hydrogen (secondary N) is 1. The molecular formula is C15H23N3. The van der Waals surface area contributed by atoms with Gasteiger partial charge in [-0.25, -0.2) is 0 Å². The SMILES string of the molecule is Cc1cc(N(CC2CC2)CC2CCCN2)ccn1. The molecule has 2 heterocycles. The van der Waals surface area contributed by atoms with Gasteiger partial charge in [0.25, 0.3) is 0 Å². The first-order chi connectivity index (χ1) is 8.81. The van der Waals surface area contributed by atoms with E-state index >= 15 is 0 Å². The summed E-state index contributed by atoms with van der Waals surface area (Å²) in [5, 5.41) is 3.61. The number of hydrogen-bond donors (Lipinski definition) is 1. The Morgan fingerprint density at radius 1 is 1.33 bits per heavy atom. The smallest absolute Gasteiger partial charge is 0.0400 e. The number of hydrogen-bond acceptors (Lipinski definition) is 3. The second kappa shape index (κ2) is 5.27. The standard InChI is InChI=1S/C15H23N3/c1-12-9-15(6-8-16-12)18(10-13-4-5-13)11-14-3-2-7-17-14/h6,8-9,13-14,17H,2-5,7,10-11H2,1H3. The van der Waals surface area contributed by atoms with E-state index in [4.69, 9.17) is 0 Å². The summed E-state index contributed by atoms with van der Waals surface area (Å²) < 4.78 is 0. The largest absolute Gasteiger partial charge is 0.370 e. The molecule has 2 aliphatic rings. The minimum Gasteiger partial charge on any atom is -0.370 e. The molecule has 0 radical (unpaired) electrons. The van der Waals surface area contributed by atoms with Gasteiger partial charge in [0.1, 0.15) is 0 Å². The van der Waals surface area contributed by atoms with E-state index in [9.17, 15) is 0 Å². The normalized spacial score (nSPS) is 23.3. The molecule has 1 aromatic rings. The maximum atomic E-state index is 4.31. The lowest BCUT2D eigenvalue weighted by Gasteiger charge is -2.28. The molecule has 3 heteroatoms. The third kappa shape index (κ3) is 3.02. The van der Waals surface area contributed by atoms with Crippen LogP contribution in [0.5, 0.6) is 0 Å². The van der Waals surface area contributed by atoms with Crippen LogP contribution in [0.4, 0.5) is 5.69 Å². The van der Waals surface area contributed by atoms with Crippen LogP contribution in [-0.2, 0) is 0 Å². The summed E-state index contributed by atoms with van der Waals surface area (Å²) in [6, 6.07) is 5.05. The fourth-order valence-corrected chi connectivity index (χ4v) is 2.80. The Bertz CT molecular complexity index is 394. The van der Waals surface area contributed by atoms with Gasteiger partial charge in [-0.15, -0.1) is 0 Å². The molecule has 1 aromatic heterocycles. The summed E-state index contributed by atoms with van der Waals surface area (Å²) in [6.45, 7) is 5.64. The van der Waals surface area contributed by atoms with Gasteiger partial charge in [-0.05, 0) is 57.2 Å². The van der Waals surface area contributed by atoms with Gasteiger partial charge < -0.3 is 10.2 Å². The highest BCUT2D eigenvalue weighted by atomic mass is 15.2. The molecule has 2 fully saturated rings. The minimum absolute atomic E-state index is 0.678. The Balaban J connectivity index is 1.70. The van der Waals surface area contributed by atoms with Crippen molar-refractivity contribution in [3.8, 4) is 0 Å². The van der Waals surface area contributed by atoms with Crippen LogP contribution in [0.2, 0.25) is 0 Å². The number of pyridine rings is 1. The molecule has 0 bridgehead atoms. The van der Waals surface area contributed by atoms with Crippen LogP contribution in [0.1, 0.15) is 31.4 Å². The van der Waals surface area contributed by atoms with Gasteiger partial charge in [0.15, 0.2) is 0 Å². The highest BCUT2D eigenvalue weighted by molar-refractivity contribution is 5.47. The topological polar surface area (TPSA) is 28.2 Å². The first-order valence-electron chi connectivity index (χ1n) is 7.22. The van der Waals surface area contributed by atoms with Crippen molar-refractivity contribution in [1.82, 2.24) is 10.3 Å². The summed E-state index contributed by atoms with van der Waals surface area (Å²) >= 11 is 0. The van der Waals surface area contributed by atoms with E-state index in [-0.39, 0.29) is 0 Å². The maximum absolute atomic E-state index is 4.31. The van der Waals surface area contributed by atoms with Gasteiger partial charge in [-0.3, -0.25) is 4.98 Å². The first kappa shape index (κ1) is 12.0. The molecule has 98 valence electrons. The van der Waals surface area contributed by atoms with E-state index in [1.807, 2.05) is 6.20 Å². The van der Waals surface area contributed by atoms with Crippen LogP contribution in [0.15, 0.2) is 18.3 Å². The predicted molar refractivity (Wildman–Crippen MR) is 74.9 cm³/mol. The van der Waals surface area contributed by atoms with Gasteiger partial charge in [-0.2, -0.15) is 0 Å². The second-order valence-corrected chi connectivity index (χ2v) is 5.80. The van der Waals surface area contributed by atoms with Crippen molar-refractivity contribution in [2.45, 2.75) is 38.6 Å². The lowest BCUT2D eigenvalue weighted by molar-refractivity contribution is 0.570. The minimum atomic E-state index is 0.678. The molecule has 1 atom stereocenters. The van der Waals surface area contributed by atoms with Crippen molar-refractivity contribution in [2.75, 3.05) is 24.5 Å². The van der Waals surface area contributed by atoms with E-state index in [1.54, 1.807) is 0 Å². The van der Waals surface area contributed by atoms with Gasteiger partial charge in [0, 0.05) is 36.7 Å². The molecule has 3 rings (SSSR count). The summed E-state index contributed by atoms with van der Waals surface area (Å²) in [5.41, 5.74) is 2.47. The highest BCUT2D eigenvalue weighted by Gasteiger charge is 2.26. The zero-order valence-corrected chi connectivity index (χ0v) is 11.2. The van der Waals surface area contributed by atoms with Crippen LogP contribution < -0.4 is 10.2 Å². The van der Waals surface area contributed by atoms with Crippen molar-refractivity contribution in [3.05, 3.63) is 24.0 Å². The molecule has 0 amide bonds. The number of nitrogens with zero attached hydrogens (tertiary/aromatic N) is 2. The van der Waals surface area contributed by atoms with Gasteiger partial charge in [0.05, 0.1) is 0 Å². The zero-order chi connectivity index (χ0) is 12.4. The van der Waals surface area contributed by atoms with Crippen LogP contribution >= 0.6 is 0 Å². The molecule has 1 saturated carbocycles. The summed E-state index contributed by atoms with van der Waals surface area (Å²) in [5.74, 6) is 0.930. The van der Waals surface area contributed by atoms with E-state index in [2.05, 4.69) is 34.3 Å². The molecule has 1 N–H and O–H groups in total.